The van der Waals surface area contributed by atoms with E-state index in [1.807, 2.05) is 0 Å². The van der Waals surface area contributed by atoms with Crippen molar-refractivity contribution in [3.8, 4) is 5.75 Å². The van der Waals surface area contributed by atoms with Crippen molar-refractivity contribution >= 4 is 53.5 Å². The highest BCUT2D eigenvalue weighted by atomic mass is 79.9. The molecule has 0 fully saturated rings. The number of hydrogen-bond acceptors (Lipinski definition) is 4. The van der Waals surface area contributed by atoms with Gasteiger partial charge in [0, 0.05) is 28.7 Å². The molecule has 0 aliphatic carbocycles. The minimum Gasteiger partial charge on any atom is -0.484 e. The van der Waals surface area contributed by atoms with Crippen LogP contribution in [0.25, 0.3) is 0 Å². The summed E-state index contributed by atoms with van der Waals surface area (Å²) in [6.07, 6.45) is 0. The molecule has 0 saturated heterocycles. The van der Waals surface area contributed by atoms with Crippen molar-refractivity contribution in [3.05, 3.63) is 51.4 Å². The smallest absolute Gasteiger partial charge is 0.263 e. The molecule has 0 radical (unpaired) electrons. The maximum atomic E-state index is 12.5. The topological polar surface area (TPSA) is 75.7 Å². The first-order valence-corrected chi connectivity index (χ1v) is 10.2. The lowest BCUT2D eigenvalue weighted by atomic mass is 10.3. The minimum absolute atomic E-state index is 0.0803. The van der Waals surface area contributed by atoms with Gasteiger partial charge in [-0.25, -0.2) is 8.42 Å². The number of halogens is 2. The number of nitrogens with zero attached hydrogens (tertiary/aromatic N) is 1. The lowest BCUT2D eigenvalue weighted by Gasteiger charge is -2.12. The van der Waals surface area contributed by atoms with Gasteiger partial charge >= 0.3 is 0 Å². The van der Waals surface area contributed by atoms with Gasteiger partial charge in [0.25, 0.3) is 15.9 Å². The van der Waals surface area contributed by atoms with Crippen molar-refractivity contribution in [1.82, 2.24) is 4.90 Å². The maximum Gasteiger partial charge on any atom is 0.263 e. The minimum atomic E-state index is -3.74. The summed E-state index contributed by atoms with van der Waals surface area (Å²) in [5.41, 5.74) is 0.387. The second-order valence-electron chi connectivity index (χ2n) is 5.28. The first kappa shape index (κ1) is 19.7. The highest BCUT2D eigenvalue weighted by Crippen LogP contribution is 2.27. The average molecular weight is 492 g/mol. The predicted molar refractivity (Wildman–Crippen MR) is 103 cm³/mol. The summed E-state index contributed by atoms with van der Waals surface area (Å²) in [6.45, 7) is -0.0803. The van der Waals surface area contributed by atoms with E-state index in [0.29, 0.717) is 20.4 Å². The van der Waals surface area contributed by atoms with E-state index in [-0.39, 0.29) is 17.4 Å². The Bertz CT molecular complexity index is 868. The van der Waals surface area contributed by atoms with Crippen LogP contribution in [0.2, 0.25) is 0 Å². The summed E-state index contributed by atoms with van der Waals surface area (Å²) in [6, 6.07) is 11.2. The summed E-state index contributed by atoms with van der Waals surface area (Å²) >= 11 is 6.50. The molecule has 0 saturated carbocycles. The van der Waals surface area contributed by atoms with E-state index in [1.165, 1.54) is 11.0 Å². The Balaban J connectivity index is 2.10. The number of ether oxygens (including phenoxy) is 1. The lowest BCUT2D eigenvalue weighted by molar-refractivity contribution is -0.130. The fraction of sp³-hybridized carbons (Fsp3) is 0.188. The molecule has 0 bridgehead atoms. The van der Waals surface area contributed by atoms with Gasteiger partial charge in [0.05, 0.1) is 0 Å². The zero-order valence-electron chi connectivity index (χ0n) is 13.5. The Morgan fingerprint density at radius 3 is 2.36 bits per heavy atom. The Morgan fingerprint density at radius 1 is 1.12 bits per heavy atom. The summed E-state index contributed by atoms with van der Waals surface area (Å²) < 4.78 is 34.0. The molecule has 6 nitrogen and oxygen atoms in total. The molecular weight excluding hydrogens is 476 g/mol. The SMILES string of the molecule is CN(C)C(=O)COc1ccc(NS(=O)(=O)c2cc(Br)ccc2Br)cc1. The normalized spacial score (nSPS) is 11.0. The molecule has 0 aliphatic heterocycles. The third-order valence-corrected chi connectivity index (χ3v) is 6.02. The van der Waals surface area contributed by atoms with Crippen LogP contribution in [-0.2, 0) is 14.8 Å². The summed E-state index contributed by atoms with van der Waals surface area (Å²) in [4.78, 5) is 13.0. The van der Waals surface area contributed by atoms with Crippen molar-refractivity contribution in [2.75, 3.05) is 25.4 Å². The fourth-order valence-electron chi connectivity index (χ4n) is 1.79. The zero-order valence-corrected chi connectivity index (χ0v) is 17.5. The monoisotopic (exact) mass is 490 g/mol. The van der Waals surface area contributed by atoms with Crippen LogP contribution in [0.5, 0.6) is 5.75 Å². The van der Waals surface area contributed by atoms with Crippen LogP contribution >= 0.6 is 31.9 Å². The predicted octanol–water partition coefficient (Wildman–Crippen LogP) is 3.48. The number of hydrogen-bond donors (Lipinski definition) is 1. The van der Waals surface area contributed by atoms with Crippen LogP contribution in [0.4, 0.5) is 5.69 Å². The van der Waals surface area contributed by atoms with E-state index in [0.717, 1.165) is 0 Å². The number of nitrogens with one attached hydrogen (secondary N) is 1. The van der Waals surface area contributed by atoms with Crippen LogP contribution < -0.4 is 9.46 Å². The van der Waals surface area contributed by atoms with Crippen LogP contribution in [0.1, 0.15) is 0 Å². The fourth-order valence-corrected chi connectivity index (χ4v) is 4.35. The quantitative estimate of drug-likeness (QED) is 0.671. The van der Waals surface area contributed by atoms with Gasteiger partial charge in [-0.2, -0.15) is 0 Å². The third kappa shape index (κ3) is 5.45. The first-order chi connectivity index (χ1) is 11.7. The largest absolute Gasteiger partial charge is 0.484 e. The highest BCUT2D eigenvalue weighted by Gasteiger charge is 2.18. The molecule has 0 heterocycles. The molecule has 1 amide bonds. The van der Waals surface area contributed by atoms with Crippen molar-refractivity contribution in [2.24, 2.45) is 0 Å². The summed E-state index contributed by atoms with van der Waals surface area (Å²) in [5.74, 6) is 0.311. The lowest BCUT2D eigenvalue weighted by Crippen LogP contribution is -2.27. The van der Waals surface area contributed by atoms with Crippen molar-refractivity contribution in [1.29, 1.82) is 0 Å². The molecule has 0 aliphatic rings. The van der Waals surface area contributed by atoms with Gasteiger partial charge in [-0.3, -0.25) is 9.52 Å². The molecule has 0 atom stereocenters. The van der Waals surface area contributed by atoms with Crippen molar-refractivity contribution in [2.45, 2.75) is 4.90 Å². The van der Waals surface area contributed by atoms with Crippen molar-refractivity contribution < 1.29 is 17.9 Å². The van der Waals surface area contributed by atoms with Gasteiger partial charge in [0.1, 0.15) is 10.6 Å². The van der Waals surface area contributed by atoms with Gasteiger partial charge in [-0.05, 0) is 58.4 Å². The highest BCUT2D eigenvalue weighted by molar-refractivity contribution is 9.11. The van der Waals surface area contributed by atoms with Crippen LogP contribution in [-0.4, -0.2) is 39.9 Å². The second-order valence-corrected chi connectivity index (χ2v) is 8.70. The average Bonchev–Trinajstić information content (AvgIpc) is 2.55. The molecule has 9 heteroatoms. The molecule has 2 aromatic rings. The number of rotatable bonds is 6. The molecule has 0 unspecified atom stereocenters. The number of sulfonamides is 1. The molecule has 1 N–H and O–H groups in total. The molecule has 134 valence electrons. The van der Waals surface area contributed by atoms with E-state index in [4.69, 9.17) is 4.74 Å². The van der Waals surface area contributed by atoms with Gasteiger partial charge in [-0.15, -0.1) is 0 Å². The van der Waals surface area contributed by atoms with Gasteiger partial charge in [0.2, 0.25) is 0 Å². The number of carbonyl (C=O) groups excluding carboxylic acids is 1. The van der Waals surface area contributed by atoms with Crippen LogP contribution in [0.3, 0.4) is 0 Å². The Hall–Kier alpha value is -1.58. The van der Waals surface area contributed by atoms with E-state index < -0.39 is 10.0 Å². The molecule has 25 heavy (non-hydrogen) atoms. The number of likely N-dealkylation sites (N-methyl/N-ethyl adjacent to an activating group) is 1. The van der Waals surface area contributed by atoms with E-state index in [9.17, 15) is 13.2 Å². The molecule has 0 aromatic heterocycles. The van der Waals surface area contributed by atoms with Gasteiger partial charge in [0.15, 0.2) is 6.61 Å². The molecule has 2 rings (SSSR count). The van der Waals surface area contributed by atoms with E-state index in [1.54, 1.807) is 50.5 Å². The first-order valence-electron chi connectivity index (χ1n) is 7.10. The standard InChI is InChI=1S/C16H16Br2N2O4S/c1-20(2)16(21)10-24-13-6-4-12(5-7-13)19-25(22,23)15-9-11(17)3-8-14(15)18/h3-9,19H,10H2,1-2H3. The molecule has 0 spiro atoms. The Labute approximate surface area is 163 Å². The van der Waals surface area contributed by atoms with Gasteiger partial charge in [-0.1, -0.05) is 15.9 Å². The second kappa shape index (κ2) is 8.20. The van der Waals surface area contributed by atoms with Gasteiger partial charge < -0.3 is 9.64 Å². The third-order valence-electron chi connectivity index (χ3n) is 3.15. The Kier molecular flexibility index (Phi) is 6.47. The number of carbonyl (C=O) groups is 1. The zero-order chi connectivity index (χ0) is 18.6. The number of amides is 1. The number of anilines is 1. The Morgan fingerprint density at radius 2 is 1.76 bits per heavy atom. The molecule has 2 aromatic carbocycles. The van der Waals surface area contributed by atoms with E-state index in [2.05, 4.69) is 36.6 Å². The molecular formula is C16H16Br2N2O4S. The van der Waals surface area contributed by atoms with Crippen LogP contribution in [0, 0.1) is 0 Å². The van der Waals surface area contributed by atoms with Crippen molar-refractivity contribution in [3.63, 3.8) is 0 Å². The number of benzene rings is 2. The van der Waals surface area contributed by atoms with Crippen LogP contribution in [0.15, 0.2) is 56.3 Å². The summed E-state index contributed by atoms with van der Waals surface area (Å²) in [5, 5.41) is 0. The summed E-state index contributed by atoms with van der Waals surface area (Å²) in [7, 11) is -0.460. The maximum absolute atomic E-state index is 12.5. The van der Waals surface area contributed by atoms with E-state index >= 15 is 0 Å².